The van der Waals surface area contributed by atoms with E-state index in [1.54, 1.807) is 45.0 Å². The summed E-state index contributed by atoms with van der Waals surface area (Å²) in [7, 11) is -2.68. The Kier molecular flexibility index (Phi) is 9.30. The van der Waals surface area contributed by atoms with Gasteiger partial charge in [0.1, 0.15) is 16.4 Å². The number of amides is 1. The number of hydrogen-bond acceptors (Lipinski definition) is 8. The molecule has 1 heterocycles. The van der Waals surface area contributed by atoms with Gasteiger partial charge in [-0.15, -0.1) is 0 Å². The predicted octanol–water partition coefficient (Wildman–Crippen LogP) is 4.49. The van der Waals surface area contributed by atoms with E-state index < -0.39 is 37.5 Å². The second-order valence-electron chi connectivity index (χ2n) is 9.09. The Balaban J connectivity index is 2.20. The number of ether oxygens (including phenoxy) is 2. The maximum Gasteiger partial charge on any atom is 0.272 e. The quantitative estimate of drug-likeness (QED) is 0.243. The molecule has 3 aromatic rings. The summed E-state index contributed by atoms with van der Waals surface area (Å²) in [4.78, 5) is 23.4. The van der Waals surface area contributed by atoms with Crippen LogP contribution in [0.15, 0.2) is 47.4 Å². The third-order valence-corrected chi connectivity index (χ3v) is 7.80. The molecule has 1 amide bonds. The zero-order chi connectivity index (χ0) is 28.9. The molecule has 0 spiro atoms. The molecule has 0 aliphatic rings. The van der Waals surface area contributed by atoms with Gasteiger partial charge in [0.25, 0.3) is 11.6 Å². The molecule has 0 radical (unpaired) electrons. The smallest absolute Gasteiger partial charge is 0.272 e. The second-order valence-corrected chi connectivity index (χ2v) is 10.8. The lowest BCUT2D eigenvalue weighted by molar-refractivity contribution is -0.385. The molecule has 210 valence electrons. The maximum absolute atomic E-state index is 13.3. The molecule has 0 saturated heterocycles. The minimum absolute atomic E-state index is 0.0725. The molecule has 0 saturated carbocycles. The van der Waals surface area contributed by atoms with Crippen molar-refractivity contribution in [1.29, 1.82) is 0 Å². The molecular formula is C26H33N5O7S. The van der Waals surface area contributed by atoms with Gasteiger partial charge in [-0.25, -0.2) is 13.1 Å². The topological polar surface area (TPSA) is 155 Å². The summed E-state index contributed by atoms with van der Waals surface area (Å²) in [5.74, 6) is 0.0833. The Morgan fingerprint density at radius 2 is 1.74 bits per heavy atom. The summed E-state index contributed by atoms with van der Waals surface area (Å²) >= 11 is 0. The first-order valence-electron chi connectivity index (χ1n) is 12.4. The van der Waals surface area contributed by atoms with Gasteiger partial charge in [-0.05, 0) is 63.9 Å². The number of nitro groups is 1. The molecule has 2 aromatic carbocycles. The number of aromatic nitrogens is 2. The van der Waals surface area contributed by atoms with Crippen molar-refractivity contribution in [1.82, 2.24) is 19.8 Å². The first-order valence-corrected chi connectivity index (χ1v) is 13.9. The summed E-state index contributed by atoms with van der Waals surface area (Å²) in [6.45, 7) is 8.92. The number of methoxy groups -OCH3 is 1. The highest BCUT2D eigenvalue weighted by molar-refractivity contribution is 7.89. The number of benzene rings is 2. The number of carbonyl (C=O) groups is 1. The van der Waals surface area contributed by atoms with E-state index in [2.05, 4.69) is 15.1 Å². The van der Waals surface area contributed by atoms with Crippen LogP contribution in [0, 0.1) is 17.0 Å². The Labute approximate surface area is 227 Å². The van der Waals surface area contributed by atoms with Crippen molar-refractivity contribution in [2.45, 2.75) is 64.4 Å². The van der Waals surface area contributed by atoms with Crippen LogP contribution in [0.5, 0.6) is 17.4 Å². The van der Waals surface area contributed by atoms with Gasteiger partial charge in [0.15, 0.2) is 5.69 Å². The van der Waals surface area contributed by atoms with Crippen molar-refractivity contribution >= 4 is 21.6 Å². The van der Waals surface area contributed by atoms with E-state index in [1.807, 2.05) is 13.8 Å². The van der Waals surface area contributed by atoms with Crippen molar-refractivity contribution in [3.8, 4) is 23.1 Å². The molecule has 3 rings (SSSR count). The fourth-order valence-electron chi connectivity index (χ4n) is 3.53. The number of nitrogens with one attached hydrogen (secondary N) is 2. The Bertz CT molecular complexity index is 1450. The van der Waals surface area contributed by atoms with Crippen LogP contribution in [0.25, 0.3) is 5.69 Å². The van der Waals surface area contributed by atoms with Crippen molar-refractivity contribution in [2.75, 3.05) is 7.11 Å². The molecule has 12 nitrogen and oxygen atoms in total. The van der Waals surface area contributed by atoms with E-state index in [1.165, 1.54) is 17.9 Å². The predicted molar refractivity (Wildman–Crippen MR) is 145 cm³/mol. The number of non-ortho nitro benzene ring substituents is 1. The number of hydrogen-bond donors (Lipinski definition) is 2. The van der Waals surface area contributed by atoms with Gasteiger partial charge in [0.2, 0.25) is 15.9 Å². The average Bonchev–Trinajstić information content (AvgIpc) is 3.23. The monoisotopic (exact) mass is 559 g/mol. The number of rotatable bonds is 12. The molecule has 13 heteroatoms. The van der Waals surface area contributed by atoms with Crippen LogP contribution in [-0.4, -0.2) is 48.2 Å². The second kappa shape index (κ2) is 12.3. The molecule has 0 aliphatic heterocycles. The maximum atomic E-state index is 13.3. The lowest BCUT2D eigenvalue weighted by atomic mass is 10.2. The highest BCUT2D eigenvalue weighted by atomic mass is 32.2. The number of sulfonamides is 1. The lowest BCUT2D eigenvalue weighted by Crippen LogP contribution is -2.32. The normalized spacial score (nSPS) is 13.0. The zero-order valence-corrected chi connectivity index (χ0v) is 23.5. The van der Waals surface area contributed by atoms with Gasteiger partial charge in [-0.3, -0.25) is 14.9 Å². The Morgan fingerprint density at radius 1 is 1.10 bits per heavy atom. The summed E-state index contributed by atoms with van der Waals surface area (Å²) < 4.78 is 41.7. The summed E-state index contributed by atoms with van der Waals surface area (Å²) in [5.41, 5.74) is 0.537. The van der Waals surface area contributed by atoms with E-state index in [0.717, 1.165) is 12.1 Å². The van der Waals surface area contributed by atoms with Gasteiger partial charge in [0, 0.05) is 29.8 Å². The molecular weight excluding hydrogens is 526 g/mol. The Morgan fingerprint density at radius 3 is 2.31 bits per heavy atom. The van der Waals surface area contributed by atoms with E-state index in [4.69, 9.17) is 9.47 Å². The van der Waals surface area contributed by atoms with Crippen LogP contribution in [0.4, 0.5) is 5.69 Å². The van der Waals surface area contributed by atoms with E-state index >= 15 is 0 Å². The highest BCUT2D eigenvalue weighted by Crippen LogP contribution is 2.36. The van der Waals surface area contributed by atoms with Crippen molar-refractivity contribution < 1.29 is 27.6 Å². The van der Waals surface area contributed by atoms with Crippen molar-refractivity contribution in [2.24, 2.45) is 0 Å². The molecule has 0 bridgehead atoms. The van der Waals surface area contributed by atoms with E-state index in [-0.39, 0.29) is 23.4 Å². The summed E-state index contributed by atoms with van der Waals surface area (Å²) in [6.07, 6.45) is 1.21. The molecule has 0 fully saturated rings. The lowest BCUT2D eigenvalue weighted by Gasteiger charge is -2.16. The SMILES string of the molecule is CC[C@@H](C)NS(=O)(=O)c1cc([N+](=O)[O-])ccc1Oc1c(C)c(C(=O)N[C@@H](C)CC)nn1-c1ccc(OC)cc1. The molecule has 2 atom stereocenters. The van der Waals surface area contributed by atoms with Crippen LogP contribution in [0.1, 0.15) is 56.6 Å². The third-order valence-electron chi connectivity index (χ3n) is 6.19. The van der Waals surface area contributed by atoms with Gasteiger partial charge in [-0.1, -0.05) is 13.8 Å². The molecule has 39 heavy (non-hydrogen) atoms. The fourth-order valence-corrected chi connectivity index (χ4v) is 5.00. The minimum Gasteiger partial charge on any atom is -0.497 e. The van der Waals surface area contributed by atoms with Crippen LogP contribution in [-0.2, 0) is 10.0 Å². The molecule has 2 N–H and O–H groups in total. The van der Waals surface area contributed by atoms with Gasteiger partial charge >= 0.3 is 0 Å². The Hall–Kier alpha value is -3.97. The average molecular weight is 560 g/mol. The van der Waals surface area contributed by atoms with Crippen LogP contribution < -0.4 is 19.5 Å². The summed E-state index contributed by atoms with van der Waals surface area (Å²) in [5, 5.41) is 18.8. The van der Waals surface area contributed by atoms with Gasteiger partial charge in [0.05, 0.1) is 17.7 Å². The summed E-state index contributed by atoms with van der Waals surface area (Å²) in [6, 6.07) is 9.58. The van der Waals surface area contributed by atoms with Gasteiger partial charge < -0.3 is 14.8 Å². The van der Waals surface area contributed by atoms with E-state index in [9.17, 15) is 23.3 Å². The van der Waals surface area contributed by atoms with Crippen molar-refractivity contribution in [3.63, 3.8) is 0 Å². The largest absolute Gasteiger partial charge is 0.497 e. The number of nitro benzene ring substituents is 1. The van der Waals surface area contributed by atoms with Gasteiger partial charge in [-0.2, -0.15) is 9.78 Å². The van der Waals surface area contributed by atoms with Crippen LogP contribution in [0.2, 0.25) is 0 Å². The highest BCUT2D eigenvalue weighted by Gasteiger charge is 2.28. The molecule has 0 unspecified atom stereocenters. The van der Waals surface area contributed by atoms with Crippen LogP contribution in [0.3, 0.4) is 0 Å². The zero-order valence-electron chi connectivity index (χ0n) is 22.7. The first kappa shape index (κ1) is 29.6. The van der Waals surface area contributed by atoms with Crippen molar-refractivity contribution in [3.05, 3.63) is 63.8 Å². The fraction of sp³-hybridized carbons (Fsp3) is 0.385. The number of nitrogens with zero attached hydrogens (tertiary/aromatic N) is 3. The third kappa shape index (κ3) is 6.73. The molecule has 1 aromatic heterocycles. The molecule has 0 aliphatic carbocycles. The van der Waals surface area contributed by atoms with E-state index in [0.29, 0.717) is 29.8 Å². The van der Waals surface area contributed by atoms with Crippen LogP contribution >= 0.6 is 0 Å². The minimum atomic E-state index is -4.21. The standard InChI is InChI=1S/C26H33N5O7S/c1-7-16(3)27-25(32)24-18(5)26(30(28-24)19-9-12-21(37-6)13-10-19)38-22-14-11-20(31(33)34)15-23(22)39(35,36)29-17(4)8-2/h9-17,29H,7-8H2,1-6H3,(H,27,32)/t16-,17+/m0/s1. The first-order chi connectivity index (χ1) is 18.4. The number of carbonyl (C=O) groups excluding carboxylic acids is 1.